The maximum Gasteiger partial charge on any atom is 0.315 e. The maximum atomic E-state index is 11.8. The number of nitrogens with one attached hydrogen (secondary N) is 2. The van der Waals surface area contributed by atoms with Crippen LogP contribution in [0.4, 0.5) is 4.79 Å². The highest BCUT2D eigenvalue weighted by Crippen LogP contribution is 2.14. The summed E-state index contributed by atoms with van der Waals surface area (Å²) in [5.41, 5.74) is 0. The van der Waals surface area contributed by atoms with Gasteiger partial charge in [-0.1, -0.05) is 13.8 Å². The lowest BCUT2D eigenvalue weighted by Gasteiger charge is -2.11. The molecular weight excluding hydrogens is 284 g/mol. The van der Waals surface area contributed by atoms with E-state index in [9.17, 15) is 4.79 Å². The third kappa shape index (κ3) is 4.90. The zero-order valence-corrected chi connectivity index (χ0v) is 13.5. The van der Waals surface area contributed by atoms with E-state index < -0.39 is 0 Å². The van der Waals surface area contributed by atoms with Crippen LogP contribution in [0.1, 0.15) is 29.4 Å². The highest BCUT2D eigenvalue weighted by atomic mass is 32.1. The van der Waals surface area contributed by atoms with Crippen molar-refractivity contribution in [3.8, 4) is 0 Å². The van der Waals surface area contributed by atoms with Gasteiger partial charge >= 0.3 is 6.03 Å². The molecule has 0 bridgehead atoms. The van der Waals surface area contributed by atoms with Crippen molar-refractivity contribution < 1.29 is 4.79 Å². The normalized spacial score (nSPS) is 10.9. The van der Waals surface area contributed by atoms with Gasteiger partial charge in [0.2, 0.25) is 0 Å². The van der Waals surface area contributed by atoms with Gasteiger partial charge in [0.25, 0.3) is 0 Å². The van der Waals surface area contributed by atoms with Crippen LogP contribution in [0.5, 0.6) is 0 Å². The molecule has 21 heavy (non-hydrogen) atoms. The highest BCUT2D eigenvalue weighted by Gasteiger charge is 2.07. The fraction of sp³-hybridized carbons (Fsp3) is 0.467. The highest BCUT2D eigenvalue weighted by molar-refractivity contribution is 7.11. The fourth-order valence-corrected chi connectivity index (χ4v) is 2.87. The molecule has 0 aliphatic heterocycles. The number of urea groups is 1. The molecule has 2 rings (SSSR count). The molecule has 0 saturated carbocycles. The second-order valence-electron chi connectivity index (χ2n) is 5.44. The number of hydrogen-bond donors (Lipinski definition) is 2. The second-order valence-corrected chi connectivity index (χ2v) is 6.81. The number of hydrogen-bond acceptors (Lipinski definition) is 3. The van der Waals surface area contributed by atoms with E-state index in [0.29, 0.717) is 19.0 Å². The van der Waals surface area contributed by atoms with E-state index in [1.807, 2.05) is 12.3 Å². The van der Waals surface area contributed by atoms with E-state index in [0.717, 1.165) is 17.2 Å². The van der Waals surface area contributed by atoms with Crippen molar-refractivity contribution >= 4 is 17.4 Å². The van der Waals surface area contributed by atoms with Gasteiger partial charge in [0.15, 0.2) is 0 Å². The molecule has 5 nitrogen and oxygen atoms in total. The monoisotopic (exact) mass is 306 g/mol. The Morgan fingerprint density at radius 3 is 2.76 bits per heavy atom. The summed E-state index contributed by atoms with van der Waals surface area (Å²) < 4.78 is 2.08. The molecule has 0 atom stereocenters. The van der Waals surface area contributed by atoms with Crippen molar-refractivity contribution in [3.05, 3.63) is 40.1 Å². The van der Waals surface area contributed by atoms with Crippen molar-refractivity contribution in [2.45, 2.75) is 40.4 Å². The Balaban J connectivity index is 1.77. The summed E-state index contributed by atoms with van der Waals surface area (Å²) in [5.74, 6) is 1.43. The van der Waals surface area contributed by atoms with E-state index in [1.54, 1.807) is 17.5 Å². The van der Waals surface area contributed by atoms with Gasteiger partial charge < -0.3 is 15.2 Å². The number of aromatic nitrogens is 2. The molecule has 0 fully saturated rings. The molecule has 2 aromatic rings. The summed E-state index contributed by atoms with van der Waals surface area (Å²) in [7, 11) is 0. The number of nitrogens with zero attached hydrogens (tertiary/aromatic N) is 2. The molecule has 0 spiro atoms. The zero-order chi connectivity index (χ0) is 15.2. The zero-order valence-electron chi connectivity index (χ0n) is 12.7. The minimum Gasteiger partial charge on any atom is -0.333 e. The van der Waals surface area contributed by atoms with E-state index in [1.165, 1.54) is 4.88 Å². The molecule has 0 aliphatic rings. The minimum absolute atomic E-state index is 0.167. The summed E-state index contributed by atoms with van der Waals surface area (Å²) in [5, 5.41) is 5.71. The van der Waals surface area contributed by atoms with Crippen LogP contribution in [-0.2, 0) is 19.6 Å². The van der Waals surface area contributed by atoms with Crippen molar-refractivity contribution in [2.75, 3.05) is 0 Å². The lowest BCUT2D eigenvalue weighted by atomic mass is 10.2. The molecule has 0 unspecified atom stereocenters. The number of imidazole rings is 1. The summed E-state index contributed by atoms with van der Waals surface area (Å²) in [6.07, 6.45) is 3.72. The van der Waals surface area contributed by atoms with E-state index in [-0.39, 0.29) is 6.03 Å². The van der Waals surface area contributed by atoms with Crippen molar-refractivity contribution in [2.24, 2.45) is 5.92 Å². The molecule has 0 radical (unpaired) electrons. The van der Waals surface area contributed by atoms with Crippen molar-refractivity contribution in [3.63, 3.8) is 0 Å². The number of carbonyl (C=O) groups is 1. The number of amides is 2. The molecule has 0 saturated heterocycles. The molecule has 0 aromatic carbocycles. The lowest BCUT2D eigenvalue weighted by Crippen LogP contribution is -2.35. The molecule has 2 amide bonds. The average molecular weight is 306 g/mol. The number of aryl methyl sites for hydroxylation is 1. The van der Waals surface area contributed by atoms with Crippen molar-refractivity contribution in [1.82, 2.24) is 20.2 Å². The first-order chi connectivity index (χ1) is 10.0. The SMILES string of the molecule is Cc1ccc(CNC(=O)NCc2nccn2CC(C)C)s1. The molecule has 0 aliphatic carbocycles. The Labute approximate surface area is 129 Å². The Kier molecular flexibility index (Phi) is 5.38. The van der Waals surface area contributed by atoms with Crippen molar-refractivity contribution in [1.29, 1.82) is 0 Å². The first kappa shape index (κ1) is 15.6. The Morgan fingerprint density at radius 1 is 1.33 bits per heavy atom. The van der Waals surface area contributed by atoms with Crippen LogP contribution in [0.2, 0.25) is 0 Å². The van der Waals surface area contributed by atoms with E-state index in [4.69, 9.17) is 0 Å². The summed E-state index contributed by atoms with van der Waals surface area (Å²) in [6, 6.07) is 3.93. The molecular formula is C15H22N4OS. The Morgan fingerprint density at radius 2 is 2.10 bits per heavy atom. The van der Waals surface area contributed by atoms with E-state index >= 15 is 0 Å². The van der Waals surface area contributed by atoms with Gasteiger partial charge in [-0.3, -0.25) is 0 Å². The number of rotatable bonds is 6. The Bertz CT molecular complexity index is 588. The Hall–Kier alpha value is -1.82. The van der Waals surface area contributed by atoms with Crippen LogP contribution in [0, 0.1) is 12.8 Å². The van der Waals surface area contributed by atoms with Crippen LogP contribution in [0.25, 0.3) is 0 Å². The molecule has 2 aromatic heterocycles. The summed E-state index contributed by atoms with van der Waals surface area (Å²) in [6.45, 7) is 8.29. The second kappa shape index (κ2) is 7.26. The predicted molar refractivity (Wildman–Crippen MR) is 85.2 cm³/mol. The third-order valence-corrected chi connectivity index (χ3v) is 3.99. The lowest BCUT2D eigenvalue weighted by molar-refractivity contribution is 0.239. The number of carbonyl (C=O) groups excluding carboxylic acids is 1. The quantitative estimate of drug-likeness (QED) is 0.862. The van der Waals surface area contributed by atoms with Gasteiger partial charge in [-0.25, -0.2) is 9.78 Å². The standard InChI is InChI=1S/C15H22N4OS/c1-11(2)10-19-7-6-16-14(19)9-18-15(20)17-8-13-5-4-12(3)21-13/h4-7,11H,8-10H2,1-3H3,(H2,17,18,20). The van der Waals surface area contributed by atoms with Gasteiger partial charge in [0.05, 0.1) is 13.1 Å². The largest absolute Gasteiger partial charge is 0.333 e. The van der Waals surface area contributed by atoms with Crippen LogP contribution >= 0.6 is 11.3 Å². The van der Waals surface area contributed by atoms with Gasteiger partial charge in [-0.05, 0) is 25.0 Å². The maximum absolute atomic E-state index is 11.8. The summed E-state index contributed by atoms with van der Waals surface area (Å²) in [4.78, 5) is 18.5. The molecule has 114 valence electrons. The first-order valence-electron chi connectivity index (χ1n) is 7.11. The van der Waals surface area contributed by atoms with Gasteiger partial charge in [0, 0.05) is 28.7 Å². The number of thiophene rings is 1. The predicted octanol–water partition coefficient (Wildman–Crippen LogP) is 2.91. The van der Waals surface area contributed by atoms with Gasteiger partial charge in [-0.2, -0.15) is 0 Å². The van der Waals surface area contributed by atoms with Gasteiger partial charge in [0.1, 0.15) is 5.82 Å². The average Bonchev–Trinajstić information content (AvgIpc) is 3.02. The molecule has 2 heterocycles. The van der Waals surface area contributed by atoms with Crippen LogP contribution < -0.4 is 10.6 Å². The smallest absolute Gasteiger partial charge is 0.315 e. The van der Waals surface area contributed by atoms with Crippen LogP contribution in [-0.4, -0.2) is 15.6 Å². The van der Waals surface area contributed by atoms with Crippen LogP contribution in [0.15, 0.2) is 24.5 Å². The molecule has 6 heteroatoms. The van der Waals surface area contributed by atoms with Gasteiger partial charge in [-0.15, -0.1) is 11.3 Å². The fourth-order valence-electron chi connectivity index (χ4n) is 2.04. The topological polar surface area (TPSA) is 59.0 Å². The third-order valence-electron chi connectivity index (χ3n) is 2.99. The molecule has 2 N–H and O–H groups in total. The summed E-state index contributed by atoms with van der Waals surface area (Å²) >= 11 is 1.70. The van der Waals surface area contributed by atoms with Crippen LogP contribution in [0.3, 0.4) is 0 Å². The van der Waals surface area contributed by atoms with E-state index in [2.05, 4.69) is 47.0 Å². The minimum atomic E-state index is -0.167. The first-order valence-corrected chi connectivity index (χ1v) is 7.93.